The molecule has 0 saturated heterocycles. The van der Waals surface area contributed by atoms with Crippen molar-refractivity contribution in [2.45, 2.75) is 38.1 Å². The van der Waals surface area contributed by atoms with Gasteiger partial charge in [0.2, 0.25) is 5.91 Å². The zero-order chi connectivity index (χ0) is 13.2. The molecule has 0 radical (unpaired) electrons. The molecule has 1 amide bonds. The van der Waals surface area contributed by atoms with Crippen LogP contribution >= 0.6 is 0 Å². The second kappa shape index (κ2) is 4.83. The van der Waals surface area contributed by atoms with Crippen LogP contribution < -0.4 is 11.1 Å². The van der Waals surface area contributed by atoms with Gasteiger partial charge in [0, 0.05) is 12.0 Å². The Morgan fingerprint density at radius 3 is 2.72 bits per heavy atom. The minimum atomic E-state index is -0.752. The predicted octanol–water partition coefficient (Wildman–Crippen LogP) is 1.94. The van der Waals surface area contributed by atoms with E-state index in [0.717, 1.165) is 5.76 Å². The number of nitrogens with two attached hydrogens (primary N) is 1. The Balaban J connectivity index is 1.90. The van der Waals surface area contributed by atoms with Crippen LogP contribution in [0.4, 0.5) is 5.88 Å². The highest BCUT2D eigenvalue weighted by molar-refractivity contribution is 5.91. The Labute approximate surface area is 106 Å². The topological polar surface area (TPSA) is 92.0 Å². The Morgan fingerprint density at radius 2 is 2.22 bits per heavy atom. The normalized spacial score (nSPS) is 27.5. The van der Waals surface area contributed by atoms with E-state index in [-0.39, 0.29) is 11.8 Å². The van der Waals surface area contributed by atoms with E-state index in [1.54, 1.807) is 12.1 Å². The summed E-state index contributed by atoms with van der Waals surface area (Å²) in [7, 11) is 0. The molecule has 0 spiro atoms. The van der Waals surface area contributed by atoms with Crippen molar-refractivity contribution in [2.24, 2.45) is 11.7 Å². The lowest BCUT2D eigenvalue weighted by atomic mass is 9.77. The molecule has 18 heavy (non-hydrogen) atoms. The lowest BCUT2D eigenvalue weighted by Gasteiger charge is -2.30. The number of furan rings is 1. The molecule has 1 aliphatic carbocycles. The molecule has 1 heterocycles. The number of amides is 1. The second-order valence-corrected chi connectivity index (χ2v) is 4.94. The van der Waals surface area contributed by atoms with Gasteiger partial charge in [-0.15, -0.1) is 0 Å². The first kappa shape index (κ1) is 12.7. The molecular weight excluding hydrogens is 230 g/mol. The van der Waals surface area contributed by atoms with E-state index in [0.29, 0.717) is 31.6 Å². The van der Waals surface area contributed by atoms with Crippen LogP contribution in [0.3, 0.4) is 0 Å². The minimum absolute atomic E-state index is 0.0515. The summed E-state index contributed by atoms with van der Waals surface area (Å²) in [4.78, 5) is 12.0. The number of nitrogens with zero attached hydrogens (tertiary/aromatic N) is 1. The maximum absolute atomic E-state index is 12.0. The monoisotopic (exact) mass is 247 g/mol. The van der Waals surface area contributed by atoms with Crippen molar-refractivity contribution in [3.8, 4) is 6.07 Å². The zero-order valence-electron chi connectivity index (χ0n) is 10.4. The van der Waals surface area contributed by atoms with E-state index in [1.165, 1.54) is 0 Å². The molecule has 5 nitrogen and oxygen atoms in total. The third kappa shape index (κ3) is 2.71. The summed E-state index contributed by atoms with van der Waals surface area (Å²) in [6.45, 7) is 1.83. The van der Waals surface area contributed by atoms with Crippen molar-refractivity contribution >= 4 is 11.8 Å². The lowest BCUT2D eigenvalue weighted by molar-refractivity contribution is -0.121. The first-order chi connectivity index (χ1) is 8.52. The summed E-state index contributed by atoms with van der Waals surface area (Å²) in [5.41, 5.74) is 5.11. The van der Waals surface area contributed by atoms with Gasteiger partial charge in [-0.2, -0.15) is 5.26 Å². The number of nitriles is 1. The molecule has 1 aromatic heterocycles. The van der Waals surface area contributed by atoms with Crippen LogP contribution in [0.15, 0.2) is 16.5 Å². The summed E-state index contributed by atoms with van der Waals surface area (Å²) in [5, 5.41) is 11.7. The third-order valence-electron chi connectivity index (χ3n) is 3.46. The molecule has 5 heteroatoms. The molecule has 3 N–H and O–H groups in total. The fourth-order valence-electron chi connectivity index (χ4n) is 2.23. The van der Waals surface area contributed by atoms with E-state index in [1.807, 2.05) is 6.92 Å². The van der Waals surface area contributed by atoms with E-state index in [9.17, 15) is 4.79 Å². The summed E-state index contributed by atoms with van der Waals surface area (Å²) in [6, 6.07) is 5.66. The molecule has 1 aliphatic rings. The molecular formula is C13H17N3O2. The van der Waals surface area contributed by atoms with E-state index >= 15 is 0 Å². The average molecular weight is 247 g/mol. The minimum Gasteiger partial charge on any atom is -0.446 e. The van der Waals surface area contributed by atoms with E-state index < -0.39 is 5.54 Å². The van der Waals surface area contributed by atoms with Gasteiger partial charge in [-0.1, -0.05) is 0 Å². The number of aryl methyl sites for hydroxylation is 1. The summed E-state index contributed by atoms with van der Waals surface area (Å²) in [5.74, 6) is 1.10. The summed E-state index contributed by atoms with van der Waals surface area (Å²) >= 11 is 0. The average Bonchev–Trinajstić information content (AvgIpc) is 2.75. The number of nitrogens with one attached hydrogen (secondary N) is 1. The Kier molecular flexibility index (Phi) is 3.39. The van der Waals surface area contributed by atoms with Crippen molar-refractivity contribution in [3.05, 3.63) is 17.9 Å². The highest BCUT2D eigenvalue weighted by Gasteiger charge is 2.34. The van der Waals surface area contributed by atoms with Crippen molar-refractivity contribution in [2.75, 3.05) is 5.32 Å². The number of anilines is 1. The quantitative estimate of drug-likeness (QED) is 0.835. The number of carbonyl (C=O) groups excluding carboxylic acids is 1. The van der Waals surface area contributed by atoms with Crippen molar-refractivity contribution in [3.63, 3.8) is 0 Å². The second-order valence-electron chi connectivity index (χ2n) is 4.94. The summed E-state index contributed by atoms with van der Waals surface area (Å²) in [6.07, 6.45) is 2.43. The van der Waals surface area contributed by atoms with Gasteiger partial charge < -0.3 is 10.2 Å². The van der Waals surface area contributed by atoms with Crippen molar-refractivity contribution in [1.82, 2.24) is 0 Å². The van der Waals surface area contributed by atoms with Crippen LogP contribution in [0.5, 0.6) is 0 Å². The molecule has 1 aromatic rings. The largest absolute Gasteiger partial charge is 0.446 e. The molecule has 96 valence electrons. The first-order valence-electron chi connectivity index (χ1n) is 6.10. The van der Waals surface area contributed by atoms with Gasteiger partial charge in [-0.05, 0) is 38.7 Å². The zero-order valence-corrected chi connectivity index (χ0v) is 10.4. The number of carbonyl (C=O) groups is 1. The van der Waals surface area contributed by atoms with Crippen LogP contribution in [0.2, 0.25) is 0 Å². The van der Waals surface area contributed by atoms with E-state index in [4.69, 9.17) is 15.4 Å². The lowest BCUT2D eigenvalue weighted by Crippen LogP contribution is -2.43. The smallest absolute Gasteiger partial charge is 0.229 e. The van der Waals surface area contributed by atoms with E-state index in [2.05, 4.69) is 11.4 Å². The fraction of sp³-hybridized carbons (Fsp3) is 0.538. The summed E-state index contributed by atoms with van der Waals surface area (Å²) < 4.78 is 5.30. The van der Waals surface area contributed by atoms with Gasteiger partial charge in [0.15, 0.2) is 5.88 Å². The molecule has 0 bridgehead atoms. The first-order valence-corrected chi connectivity index (χ1v) is 6.10. The Morgan fingerprint density at radius 1 is 1.56 bits per heavy atom. The Hall–Kier alpha value is -1.80. The van der Waals surface area contributed by atoms with Crippen LogP contribution in [-0.2, 0) is 4.79 Å². The molecule has 0 aliphatic heterocycles. The van der Waals surface area contributed by atoms with Gasteiger partial charge in [0.25, 0.3) is 0 Å². The van der Waals surface area contributed by atoms with Gasteiger partial charge in [-0.25, -0.2) is 0 Å². The number of hydrogen-bond acceptors (Lipinski definition) is 4. The molecule has 0 aromatic carbocycles. The highest BCUT2D eigenvalue weighted by atomic mass is 16.4. The molecule has 0 unspecified atom stereocenters. The highest BCUT2D eigenvalue weighted by Crippen LogP contribution is 2.30. The van der Waals surface area contributed by atoms with Crippen LogP contribution in [0.25, 0.3) is 0 Å². The number of rotatable bonds is 2. The molecule has 0 atom stereocenters. The van der Waals surface area contributed by atoms with Crippen molar-refractivity contribution in [1.29, 1.82) is 5.26 Å². The Bertz CT molecular complexity index is 479. The van der Waals surface area contributed by atoms with Gasteiger partial charge >= 0.3 is 0 Å². The van der Waals surface area contributed by atoms with Crippen LogP contribution in [-0.4, -0.2) is 11.4 Å². The van der Waals surface area contributed by atoms with Crippen molar-refractivity contribution < 1.29 is 9.21 Å². The van der Waals surface area contributed by atoms with Crippen LogP contribution in [0, 0.1) is 24.2 Å². The predicted molar refractivity (Wildman–Crippen MR) is 66.6 cm³/mol. The number of hydrogen-bond donors (Lipinski definition) is 2. The molecule has 2 rings (SSSR count). The fourth-order valence-corrected chi connectivity index (χ4v) is 2.23. The van der Waals surface area contributed by atoms with Gasteiger partial charge in [-0.3, -0.25) is 10.1 Å². The molecule has 1 fully saturated rings. The van der Waals surface area contributed by atoms with Crippen LogP contribution in [0.1, 0.15) is 31.4 Å². The molecule has 1 saturated carbocycles. The van der Waals surface area contributed by atoms with Gasteiger partial charge in [0.05, 0.1) is 6.07 Å². The SMILES string of the molecule is Cc1ccc(NC(=O)C2CCC(N)(C#N)CC2)o1. The maximum Gasteiger partial charge on any atom is 0.229 e. The third-order valence-corrected chi connectivity index (χ3v) is 3.46. The van der Waals surface area contributed by atoms with Gasteiger partial charge in [0.1, 0.15) is 11.3 Å². The maximum atomic E-state index is 12.0. The standard InChI is InChI=1S/C13H17N3O2/c1-9-2-3-11(18-9)16-12(17)10-4-6-13(15,8-14)7-5-10/h2-3,10H,4-7,15H2,1H3,(H,16,17).